The highest BCUT2D eigenvalue weighted by Crippen LogP contribution is 2.17. The summed E-state index contributed by atoms with van der Waals surface area (Å²) in [4.78, 5) is 24.1. The van der Waals surface area contributed by atoms with E-state index in [0.717, 1.165) is 12.8 Å². The molecule has 1 heterocycles. The van der Waals surface area contributed by atoms with Crippen molar-refractivity contribution in [3.05, 3.63) is 0 Å². The van der Waals surface area contributed by atoms with Crippen molar-refractivity contribution in [3.63, 3.8) is 0 Å². The number of hydrogen-bond donors (Lipinski definition) is 0. The van der Waals surface area contributed by atoms with Gasteiger partial charge in [-0.05, 0) is 12.8 Å². The maximum absolute atomic E-state index is 11.3. The molecule has 0 saturated carbocycles. The average molecular weight is 220 g/mol. The zero-order chi connectivity index (χ0) is 10.6. The number of methoxy groups -OCH3 is 1. The summed E-state index contributed by atoms with van der Waals surface area (Å²) in [6.07, 6.45) is 1.63. The Kier molecular flexibility index (Phi) is 4.20. The van der Waals surface area contributed by atoms with Gasteiger partial charge in [-0.3, -0.25) is 9.59 Å². The van der Waals surface area contributed by atoms with Crippen LogP contribution in [0.3, 0.4) is 0 Å². The van der Waals surface area contributed by atoms with Crippen LogP contribution in [0.5, 0.6) is 0 Å². The number of rotatable bonds is 2. The number of carbonyl (C=O) groups is 2. The Balaban J connectivity index is 2.51. The Morgan fingerprint density at radius 2 is 2.29 bits per heavy atom. The molecule has 1 saturated heterocycles. The molecule has 5 heteroatoms. The Hall–Kier alpha value is -0.770. The molecule has 0 N–H and O–H groups in total. The van der Waals surface area contributed by atoms with Crippen molar-refractivity contribution >= 4 is 23.5 Å². The molecule has 0 spiro atoms. The maximum Gasteiger partial charge on any atom is 0.310 e. The Labute approximate surface area is 88.2 Å². The predicted molar refractivity (Wildman–Crippen MR) is 52.0 cm³/mol. The molecule has 1 aliphatic rings. The number of ether oxygens (including phenoxy) is 1. The third-order valence-corrected chi connectivity index (χ3v) is 2.65. The van der Waals surface area contributed by atoms with Gasteiger partial charge in [-0.25, -0.2) is 0 Å². The zero-order valence-electron chi connectivity index (χ0n) is 8.16. The van der Waals surface area contributed by atoms with Crippen molar-refractivity contribution in [2.75, 3.05) is 26.1 Å². The number of hydrogen-bond acceptors (Lipinski definition) is 3. The van der Waals surface area contributed by atoms with Gasteiger partial charge in [0.2, 0.25) is 5.91 Å². The first-order chi connectivity index (χ1) is 6.69. The monoisotopic (exact) mass is 219 g/mol. The number of alkyl halides is 1. The molecule has 4 nitrogen and oxygen atoms in total. The van der Waals surface area contributed by atoms with E-state index in [1.165, 1.54) is 7.11 Å². The van der Waals surface area contributed by atoms with Crippen LogP contribution >= 0.6 is 11.6 Å². The molecule has 0 aromatic carbocycles. The second kappa shape index (κ2) is 5.20. The molecule has 1 fully saturated rings. The lowest BCUT2D eigenvalue weighted by atomic mass is 9.98. The quantitative estimate of drug-likeness (QED) is 0.506. The molecule has 80 valence electrons. The normalized spacial score (nSPS) is 21.9. The van der Waals surface area contributed by atoms with Crippen molar-refractivity contribution in [2.45, 2.75) is 12.8 Å². The number of nitrogens with zero attached hydrogens (tertiary/aromatic N) is 1. The molecule has 1 unspecified atom stereocenters. The highest BCUT2D eigenvalue weighted by atomic mass is 35.5. The number of esters is 1. The van der Waals surface area contributed by atoms with Crippen molar-refractivity contribution in [2.24, 2.45) is 5.92 Å². The van der Waals surface area contributed by atoms with Gasteiger partial charge >= 0.3 is 5.97 Å². The van der Waals surface area contributed by atoms with Crippen molar-refractivity contribution < 1.29 is 14.3 Å². The van der Waals surface area contributed by atoms with Gasteiger partial charge in [-0.2, -0.15) is 0 Å². The highest BCUT2D eigenvalue weighted by molar-refractivity contribution is 6.27. The Morgan fingerprint density at radius 3 is 2.86 bits per heavy atom. The van der Waals surface area contributed by atoms with Gasteiger partial charge in [0.05, 0.1) is 13.0 Å². The van der Waals surface area contributed by atoms with E-state index in [9.17, 15) is 9.59 Å². The maximum atomic E-state index is 11.3. The molecule has 0 aromatic heterocycles. The third kappa shape index (κ3) is 2.61. The van der Waals surface area contributed by atoms with E-state index in [-0.39, 0.29) is 23.7 Å². The lowest BCUT2D eigenvalue weighted by molar-refractivity contribution is -0.148. The molecule has 0 aliphatic carbocycles. The summed E-state index contributed by atoms with van der Waals surface area (Å²) in [6, 6.07) is 0. The van der Waals surface area contributed by atoms with Crippen LogP contribution in [-0.4, -0.2) is 42.9 Å². The molecule has 14 heavy (non-hydrogen) atoms. The Bertz CT molecular complexity index is 210. The summed E-state index contributed by atoms with van der Waals surface area (Å²) < 4.78 is 4.64. The van der Waals surface area contributed by atoms with E-state index < -0.39 is 0 Å². The van der Waals surface area contributed by atoms with Crippen LogP contribution in [0.2, 0.25) is 0 Å². The fraction of sp³-hybridized carbons (Fsp3) is 0.778. The largest absolute Gasteiger partial charge is 0.469 e. The minimum Gasteiger partial charge on any atom is -0.469 e. The van der Waals surface area contributed by atoms with Crippen molar-refractivity contribution in [1.82, 2.24) is 4.90 Å². The molecule has 0 aromatic rings. The van der Waals surface area contributed by atoms with Gasteiger partial charge in [-0.1, -0.05) is 0 Å². The second-order valence-corrected chi connectivity index (χ2v) is 3.60. The van der Waals surface area contributed by atoms with Crippen LogP contribution in [0.1, 0.15) is 12.8 Å². The van der Waals surface area contributed by atoms with Crippen molar-refractivity contribution in [3.8, 4) is 0 Å². The minimum atomic E-state index is -0.239. The topological polar surface area (TPSA) is 46.6 Å². The number of likely N-dealkylation sites (tertiary alicyclic amines) is 1. The van der Waals surface area contributed by atoms with E-state index in [1.807, 2.05) is 0 Å². The summed E-state index contributed by atoms with van der Waals surface area (Å²) in [7, 11) is 1.37. The highest BCUT2D eigenvalue weighted by Gasteiger charge is 2.28. The first-order valence-corrected chi connectivity index (χ1v) is 5.14. The van der Waals surface area contributed by atoms with E-state index in [2.05, 4.69) is 4.74 Å². The van der Waals surface area contributed by atoms with E-state index in [0.29, 0.717) is 13.1 Å². The van der Waals surface area contributed by atoms with E-state index in [1.54, 1.807) is 4.90 Å². The van der Waals surface area contributed by atoms with Gasteiger partial charge in [0.1, 0.15) is 5.88 Å². The second-order valence-electron chi connectivity index (χ2n) is 3.34. The van der Waals surface area contributed by atoms with Gasteiger partial charge in [-0.15, -0.1) is 11.6 Å². The molecule has 1 aliphatic heterocycles. The van der Waals surface area contributed by atoms with Crippen LogP contribution in [0, 0.1) is 5.92 Å². The van der Waals surface area contributed by atoms with Gasteiger partial charge < -0.3 is 9.64 Å². The average Bonchev–Trinajstić information content (AvgIpc) is 2.27. The fourth-order valence-corrected chi connectivity index (χ4v) is 1.82. The third-order valence-electron chi connectivity index (χ3n) is 2.42. The van der Waals surface area contributed by atoms with E-state index in [4.69, 9.17) is 11.6 Å². The molecular weight excluding hydrogens is 206 g/mol. The first kappa shape index (κ1) is 11.3. The zero-order valence-corrected chi connectivity index (χ0v) is 8.92. The smallest absolute Gasteiger partial charge is 0.310 e. The summed E-state index contributed by atoms with van der Waals surface area (Å²) in [5.74, 6) is -0.549. The van der Waals surface area contributed by atoms with Crippen LogP contribution in [-0.2, 0) is 14.3 Å². The fourth-order valence-electron chi connectivity index (χ4n) is 1.65. The van der Waals surface area contributed by atoms with Crippen LogP contribution in [0.4, 0.5) is 0 Å². The van der Waals surface area contributed by atoms with Gasteiger partial charge in [0.15, 0.2) is 0 Å². The molecule has 0 bridgehead atoms. The summed E-state index contributed by atoms with van der Waals surface area (Å²) in [6.45, 7) is 1.14. The molecule has 1 atom stereocenters. The van der Waals surface area contributed by atoms with Crippen LogP contribution in [0.15, 0.2) is 0 Å². The van der Waals surface area contributed by atoms with Crippen LogP contribution < -0.4 is 0 Å². The number of carbonyl (C=O) groups excluding carboxylic acids is 2. The van der Waals surface area contributed by atoms with Crippen molar-refractivity contribution in [1.29, 1.82) is 0 Å². The summed E-state index contributed by atoms with van der Waals surface area (Å²) in [5, 5.41) is 0. The standard InChI is InChI=1S/C9H14ClNO3/c1-14-9(13)7-3-2-4-11(6-7)8(12)5-10/h7H,2-6H2,1H3. The molecule has 1 rings (SSSR count). The van der Waals surface area contributed by atoms with Gasteiger partial charge in [0, 0.05) is 13.1 Å². The number of halogens is 1. The lowest BCUT2D eigenvalue weighted by Gasteiger charge is -2.30. The predicted octanol–water partition coefficient (Wildman–Crippen LogP) is 0.637. The van der Waals surface area contributed by atoms with Gasteiger partial charge in [0.25, 0.3) is 0 Å². The van der Waals surface area contributed by atoms with E-state index >= 15 is 0 Å². The minimum absolute atomic E-state index is 0.0199. The SMILES string of the molecule is COC(=O)C1CCCN(C(=O)CCl)C1. The number of amides is 1. The summed E-state index contributed by atoms with van der Waals surface area (Å²) >= 11 is 5.44. The molecule has 1 amide bonds. The molecular formula is C9H14ClNO3. The Morgan fingerprint density at radius 1 is 1.57 bits per heavy atom. The molecule has 0 radical (unpaired) electrons. The number of piperidine rings is 1. The lowest BCUT2D eigenvalue weighted by Crippen LogP contribution is -2.43. The van der Waals surface area contributed by atoms with Crippen LogP contribution in [0.25, 0.3) is 0 Å². The summed E-state index contributed by atoms with van der Waals surface area (Å²) in [5.41, 5.74) is 0. The first-order valence-electron chi connectivity index (χ1n) is 4.60.